The SMILES string of the molecule is C=CCC1(CC=C)C(=O)[C@H]2O[C@](C)(OC)[C@@](C)(OC)O[C@@H]2C=C1C(=O)OC. The first-order chi connectivity index (χ1) is 12.7. The van der Waals surface area contributed by atoms with E-state index < -0.39 is 35.2 Å². The van der Waals surface area contributed by atoms with E-state index in [9.17, 15) is 9.59 Å². The topological polar surface area (TPSA) is 80.3 Å². The van der Waals surface area contributed by atoms with E-state index >= 15 is 0 Å². The lowest BCUT2D eigenvalue weighted by Gasteiger charge is -2.54. The second-order valence-electron chi connectivity index (χ2n) is 6.92. The average molecular weight is 380 g/mol. The first-order valence-corrected chi connectivity index (χ1v) is 8.71. The summed E-state index contributed by atoms with van der Waals surface area (Å²) in [5.41, 5.74) is -0.976. The fraction of sp³-hybridized carbons (Fsp3) is 0.600. The summed E-state index contributed by atoms with van der Waals surface area (Å²) in [5.74, 6) is -3.54. The Balaban J connectivity index is 2.64. The monoisotopic (exact) mass is 380 g/mol. The van der Waals surface area contributed by atoms with Crippen molar-refractivity contribution in [2.45, 2.75) is 50.5 Å². The number of hydrogen-bond acceptors (Lipinski definition) is 7. The van der Waals surface area contributed by atoms with Crippen molar-refractivity contribution in [2.75, 3.05) is 21.3 Å². The zero-order valence-electron chi connectivity index (χ0n) is 16.6. The Morgan fingerprint density at radius 2 is 1.63 bits per heavy atom. The van der Waals surface area contributed by atoms with Crippen molar-refractivity contribution in [3.05, 3.63) is 37.0 Å². The van der Waals surface area contributed by atoms with E-state index in [2.05, 4.69) is 13.2 Å². The number of ketones is 1. The average Bonchev–Trinajstić information content (AvgIpc) is 2.66. The third-order valence-corrected chi connectivity index (χ3v) is 5.58. The number of allylic oxidation sites excluding steroid dienone is 2. The number of Topliss-reactive ketones (excluding diaryl/α,β-unsaturated/α-hetero) is 1. The molecule has 0 saturated carbocycles. The quantitative estimate of drug-likeness (QED) is 0.495. The van der Waals surface area contributed by atoms with Crippen molar-refractivity contribution >= 4 is 11.8 Å². The summed E-state index contributed by atoms with van der Waals surface area (Å²) < 4.78 is 28.0. The lowest BCUT2D eigenvalue weighted by molar-refractivity contribution is -0.437. The van der Waals surface area contributed by atoms with Gasteiger partial charge >= 0.3 is 5.97 Å². The first kappa shape index (κ1) is 21.5. The molecule has 7 nitrogen and oxygen atoms in total. The van der Waals surface area contributed by atoms with Gasteiger partial charge in [0, 0.05) is 14.2 Å². The van der Waals surface area contributed by atoms with E-state index in [0.29, 0.717) is 0 Å². The van der Waals surface area contributed by atoms with Crippen LogP contribution < -0.4 is 0 Å². The molecule has 1 aliphatic carbocycles. The third kappa shape index (κ3) is 3.18. The molecule has 150 valence electrons. The highest BCUT2D eigenvalue weighted by atomic mass is 16.8. The summed E-state index contributed by atoms with van der Waals surface area (Å²) >= 11 is 0. The normalized spacial score (nSPS) is 35.0. The van der Waals surface area contributed by atoms with Gasteiger partial charge in [-0.15, -0.1) is 13.2 Å². The minimum Gasteiger partial charge on any atom is -0.466 e. The van der Waals surface area contributed by atoms with Crippen LogP contribution >= 0.6 is 0 Å². The van der Waals surface area contributed by atoms with Gasteiger partial charge in [-0.05, 0) is 32.8 Å². The third-order valence-electron chi connectivity index (χ3n) is 5.58. The van der Waals surface area contributed by atoms with Gasteiger partial charge < -0.3 is 23.7 Å². The van der Waals surface area contributed by atoms with Gasteiger partial charge in [0.1, 0.15) is 6.10 Å². The van der Waals surface area contributed by atoms with Crippen LogP contribution in [0.2, 0.25) is 0 Å². The van der Waals surface area contributed by atoms with Crippen LogP contribution in [-0.2, 0) is 33.3 Å². The highest BCUT2D eigenvalue weighted by Gasteiger charge is 2.62. The molecule has 0 amide bonds. The van der Waals surface area contributed by atoms with Crippen LogP contribution in [0.25, 0.3) is 0 Å². The van der Waals surface area contributed by atoms with E-state index in [1.54, 1.807) is 32.1 Å². The largest absolute Gasteiger partial charge is 0.466 e. The number of esters is 1. The second kappa shape index (κ2) is 7.67. The summed E-state index contributed by atoms with van der Waals surface area (Å²) in [4.78, 5) is 26.1. The van der Waals surface area contributed by atoms with Crippen LogP contribution in [-0.4, -0.2) is 56.9 Å². The molecule has 27 heavy (non-hydrogen) atoms. The van der Waals surface area contributed by atoms with Crippen molar-refractivity contribution in [3.8, 4) is 0 Å². The summed E-state index contributed by atoms with van der Waals surface area (Å²) in [5, 5.41) is 0. The van der Waals surface area contributed by atoms with Gasteiger partial charge in [0.05, 0.1) is 18.1 Å². The molecule has 4 atom stereocenters. The van der Waals surface area contributed by atoms with E-state index in [0.717, 1.165) is 0 Å². The summed E-state index contributed by atoms with van der Waals surface area (Å²) in [6.07, 6.45) is 3.42. The molecule has 0 aromatic heterocycles. The smallest absolute Gasteiger partial charge is 0.334 e. The lowest BCUT2D eigenvalue weighted by Crippen LogP contribution is -2.68. The zero-order valence-corrected chi connectivity index (χ0v) is 16.6. The minimum atomic E-state index is -1.33. The van der Waals surface area contributed by atoms with Gasteiger partial charge in [0.2, 0.25) is 11.6 Å². The van der Waals surface area contributed by atoms with Crippen LogP contribution in [0, 0.1) is 5.41 Å². The highest BCUT2D eigenvalue weighted by molar-refractivity contribution is 6.04. The number of carbonyl (C=O) groups is 2. The van der Waals surface area contributed by atoms with Crippen LogP contribution in [0.5, 0.6) is 0 Å². The van der Waals surface area contributed by atoms with Gasteiger partial charge in [0.15, 0.2) is 11.9 Å². The number of hydrogen-bond donors (Lipinski definition) is 0. The maximum Gasteiger partial charge on any atom is 0.334 e. The molecule has 1 fully saturated rings. The molecular weight excluding hydrogens is 352 g/mol. The summed E-state index contributed by atoms with van der Waals surface area (Å²) in [6, 6.07) is 0. The standard InChI is InChI=1S/C20H28O7/c1-8-10-20(11-9-2)13(17(22)23-5)12-14-15(16(20)21)27-19(4,25-7)18(3,24-6)26-14/h8-9,12,14-15H,1-2,10-11H2,3-7H3/t14-,15+,18+,19+/m1/s1. The van der Waals surface area contributed by atoms with Gasteiger partial charge in [-0.25, -0.2) is 4.79 Å². The van der Waals surface area contributed by atoms with Crippen LogP contribution in [0.4, 0.5) is 0 Å². The second-order valence-corrected chi connectivity index (χ2v) is 6.92. The number of ether oxygens (including phenoxy) is 5. The molecule has 0 aromatic carbocycles. The summed E-state index contributed by atoms with van der Waals surface area (Å²) in [7, 11) is 4.17. The van der Waals surface area contributed by atoms with Crippen LogP contribution in [0.3, 0.4) is 0 Å². The number of fused-ring (bicyclic) bond motifs is 1. The van der Waals surface area contributed by atoms with Crippen molar-refractivity contribution in [3.63, 3.8) is 0 Å². The van der Waals surface area contributed by atoms with E-state index in [4.69, 9.17) is 23.7 Å². The maximum atomic E-state index is 13.5. The van der Waals surface area contributed by atoms with Crippen molar-refractivity contribution < 1.29 is 33.3 Å². The van der Waals surface area contributed by atoms with Gasteiger partial charge in [-0.3, -0.25) is 4.79 Å². The Morgan fingerprint density at radius 3 is 2.07 bits per heavy atom. The zero-order chi connectivity index (χ0) is 20.5. The molecule has 0 radical (unpaired) electrons. The molecule has 0 unspecified atom stereocenters. The van der Waals surface area contributed by atoms with Crippen molar-refractivity contribution in [1.29, 1.82) is 0 Å². The fourth-order valence-corrected chi connectivity index (χ4v) is 3.74. The van der Waals surface area contributed by atoms with Gasteiger partial charge in [-0.1, -0.05) is 12.2 Å². The minimum absolute atomic E-state index is 0.208. The number of carbonyl (C=O) groups excluding carboxylic acids is 2. The number of rotatable bonds is 7. The van der Waals surface area contributed by atoms with Crippen LogP contribution in [0.1, 0.15) is 26.7 Å². The first-order valence-electron chi connectivity index (χ1n) is 8.71. The maximum absolute atomic E-state index is 13.5. The van der Waals surface area contributed by atoms with E-state index in [1.807, 2.05) is 0 Å². The molecule has 1 aliphatic heterocycles. The summed E-state index contributed by atoms with van der Waals surface area (Å²) in [6.45, 7) is 10.8. The molecule has 1 heterocycles. The Bertz CT molecular complexity index is 657. The molecule has 2 aliphatic rings. The Hall–Kier alpha value is -1.80. The van der Waals surface area contributed by atoms with E-state index in [-0.39, 0.29) is 24.2 Å². The van der Waals surface area contributed by atoms with Gasteiger partial charge in [-0.2, -0.15) is 0 Å². The molecule has 0 spiro atoms. The number of methoxy groups -OCH3 is 3. The van der Waals surface area contributed by atoms with Crippen molar-refractivity contribution in [1.82, 2.24) is 0 Å². The molecule has 7 heteroatoms. The predicted octanol–water partition coefficient (Wildman–Crippen LogP) is 2.32. The molecule has 0 bridgehead atoms. The Kier molecular flexibility index (Phi) is 6.11. The van der Waals surface area contributed by atoms with Gasteiger partial charge in [0.25, 0.3) is 0 Å². The molecular formula is C20H28O7. The van der Waals surface area contributed by atoms with E-state index in [1.165, 1.54) is 21.3 Å². The van der Waals surface area contributed by atoms with Crippen LogP contribution in [0.15, 0.2) is 37.0 Å². The molecule has 1 saturated heterocycles. The molecule has 0 N–H and O–H groups in total. The lowest BCUT2D eigenvalue weighted by atomic mass is 9.65. The Labute approximate surface area is 159 Å². The highest BCUT2D eigenvalue weighted by Crippen LogP contribution is 2.49. The predicted molar refractivity (Wildman–Crippen MR) is 97.7 cm³/mol. The fourth-order valence-electron chi connectivity index (χ4n) is 3.74. The molecule has 2 rings (SSSR count). The Morgan fingerprint density at radius 1 is 1.11 bits per heavy atom. The molecule has 0 aromatic rings. The van der Waals surface area contributed by atoms with Crippen molar-refractivity contribution in [2.24, 2.45) is 5.41 Å².